The molecule has 2 aromatic rings. The second-order valence-electron chi connectivity index (χ2n) is 3.94. The number of nitrogen functional groups attached to an aromatic ring is 1. The number of hydrogen-bond donors (Lipinski definition) is 2. The first-order chi connectivity index (χ1) is 9.60. The summed E-state index contributed by atoms with van der Waals surface area (Å²) in [5.41, 5.74) is 9.55. The summed E-state index contributed by atoms with van der Waals surface area (Å²) >= 11 is 7.01. The van der Waals surface area contributed by atoms with E-state index in [-0.39, 0.29) is 5.91 Å². The van der Waals surface area contributed by atoms with Gasteiger partial charge in [-0.3, -0.25) is 4.79 Å². The molecule has 0 saturated carbocycles. The number of amides is 1. The molecule has 2 rings (SSSR count). The summed E-state index contributed by atoms with van der Waals surface area (Å²) in [6, 6.07) is 7.17. The van der Waals surface area contributed by atoms with Crippen LogP contribution in [-0.4, -0.2) is 17.1 Å². The fraction of sp³-hybridized carbons (Fsp3) is 0.154. The van der Waals surface area contributed by atoms with Gasteiger partial charge in [-0.25, -0.2) is 10.4 Å². The van der Waals surface area contributed by atoms with Crippen LogP contribution in [0.4, 0.5) is 5.13 Å². The van der Waals surface area contributed by atoms with E-state index in [1.165, 1.54) is 6.21 Å². The van der Waals surface area contributed by atoms with Crippen molar-refractivity contribution in [2.75, 3.05) is 5.73 Å². The molecule has 5 nitrogen and oxygen atoms in total. The van der Waals surface area contributed by atoms with Crippen molar-refractivity contribution in [1.29, 1.82) is 0 Å². The van der Waals surface area contributed by atoms with Crippen LogP contribution in [-0.2, 0) is 6.42 Å². The second-order valence-corrected chi connectivity index (χ2v) is 5.40. The third kappa shape index (κ3) is 3.55. The van der Waals surface area contributed by atoms with Gasteiger partial charge >= 0.3 is 0 Å². The maximum atomic E-state index is 12.0. The minimum absolute atomic E-state index is 0.311. The predicted molar refractivity (Wildman–Crippen MR) is 82.4 cm³/mol. The van der Waals surface area contributed by atoms with E-state index in [9.17, 15) is 4.79 Å². The predicted octanol–water partition coefficient (Wildman–Crippen LogP) is 2.71. The van der Waals surface area contributed by atoms with Crippen LogP contribution >= 0.6 is 22.9 Å². The molecular weight excluding hydrogens is 296 g/mol. The van der Waals surface area contributed by atoms with Crippen LogP contribution < -0.4 is 11.2 Å². The minimum Gasteiger partial charge on any atom is -0.375 e. The van der Waals surface area contributed by atoms with Crippen molar-refractivity contribution in [2.24, 2.45) is 5.10 Å². The minimum atomic E-state index is -0.311. The maximum Gasteiger partial charge on any atom is 0.283 e. The van der Waals surface area contributed by atoms with E-state index in [1.54, 1.807) is 12.1 Å². The number of carbonyl (C=O) groups is 1. The molecule has 20 heavy (non-hydrogen) atoms. The van der Waals surface area contributed by atoms with Gasteiger partial charge in [0.1, 0.15) is 4.88 Å². The Hall–Kier alpha value is -1.92. The summed E-state index contributed by atoms with van der Waals surface area (Å²) < 4.78 is 0. The number of aryl methyl sites for hydroxylation is 1. The Bertz CT molecular complexity index is 654. The second kappa shape index (κ2) is 6.49. The van der Waals surface area contributed by atoms with E-state index < -0.39 is 0 Å². The van der Waals surface area contributed by atoms with Crippen molar-refractivity contribution < 1.29 is 4.79 Å². The average Bonchev–Trinajstić information content (AvgIpc) is 2.80. The summed E-state index contributed by atoms with van der Waals surface area (Å²) in [5.74, 6) is -0.311. The molecule has 0 fully saturated rings. The van der Waals surface area contributed by atoms with E-state index in [0.717, 1.165) is 16.9 Å². The lowest BCUT2D eigenvalue weighted by molar-refractivity contribution is 0.0958. The highest BCUT2D eigenvalue weighted by molar-refractivity contribution is 7.17. The third-order valence-electron chi connectivity index (χ3n) is 2.48. The molecule has 0 saturated heterocycles. The monoisotopic (exact) mass is 308 g/mol. The SMILES string of the molecule is CCc1nc(N)sc1C(=O)NN=Cc1cccc(Cl)c1. The van der Waals surface area contributed by atoms with Crippen molar-refractivity contribution in [3.05, 3.63) is 45.4 Å². The number of rotatable bonds is 4. The van der Waals surface area contributed by atoms with Crippen LogP contribution in [0, 0.1) is 0 Å². The molecule has 1 heterocycles. The fourth-order valence-corrected chi connectivity index (χ4v) is 2.60. The van der Waals surface area contributed by atoms with Gasteiger partial charge in [0.05, 0.1) is 11.9 Å². The molecule has 1 amide bonds. The number of nitrogens with zero attached hydrogens (tertiary/aromatic N) is 2. The summed E-state index contributed by atoms with van der Waals surface area (Å²) in [6.07, 6.45) is 2.17. The van der Waals surface area contributed by atoms with Crippen LogP contribution in [0.2, 0.25) is 5.02 Å². The number of anilines is 1. The highest BCUT2D eigenvalue weighted by atomic mass is 35.5. The van der Waals surface area contributed by atoms with Gasteiger partial charge in [0.25, 0.3) is 5.91 Å². The molecule has 3 N–H and O–H groups in total. The molecule has 0 aliphatic carbocycles. The first-order valence-electron chi connectivity index (χ1n) is 5.94. The van der Waals surface area contributed by atoms with Gasteiger partial charge in [-0.1, -0.05) is 42.0 Å². The van der Waals surface area contributed by atoms with Crippen LogP contribution in [0.15, 0.2) is 29.4 Å². The van der Waals surface area contributed by atoms with Gasteiger partial charge in [0.2, 0.25) is 0 Å². The van der Waals surface area contributed by atoms with Gasteiger partial charge in [-0.05, 0) is 24.1 Å². The van der Waals surface area contributed by atoms with E-state index in [1.807, 2.05) is 19.1 Å². The molecule has 104 valence electrons. The van der Waals surface area contributed by atoms with Gasteiger partial charge in [-0.15, -0.1) is 0 Å². The largest absolute Gasteiger partial charge is 0.375 e. The molecule has 0 bridgehead atoms. The Morgan fingerprint density at radius 2 is 2.40 bits per heavy atom. The number of benzene rings is 1. The Labute approximate surface area is 125 Å². The average molecular weight is 309 g/mol. The first-order valence-corrected chi connectivity index (χ1v) is 7.13. The molecule has 0 aliphatic rings. The van der Waals surface area contributed by atoms with Crippen LogP contribution in [0.25, 0.3) is 0 Å². The summed E-state index contributed by atoms with van der Waals surface area (Å²) in [7, 11) is 0. The van der Waals surface area contributed by atoms with Crippen molar-refractivity contribution in [1.82, 2.24) is 10.4 Å². The molecule has 0 aliphatic heterocycles. The molecular formula is C13H13ClN4OS. The Balaban J connectivity index is 2.05. The highest BCUT2D eigenvalue weighted by Gasteiger charge is 2.15. The molecule has 7 heteroatoms. The number of nitrogens with one attached hydrogen (secondary N) is 1. The smallest absolute Gasteiger partial charge is 0.283 e. The Kier molecular flexibility index (Phi) is 4.70. The summed E-state index contributed by atoms with van der Waals surface area (Å²) in [4.78, 5) is 16.5. The van der Waals surface area contributed by atoms with Gasteiger partial charge in [0.15, 0.2) is 5.13 Å². The van der Waals surface area contributed by atoms with Gasteiger partial charge < -0.3 is 5.73 Å². The van der Waals surface area contributed by atoms with Crippen molar-refractivity contribution in [3.8, 4) is 0 Å². The van der Waals surface area contributed by atoms with E-state index in [4.69, 9.17) is 17.3 Å². The zero-order valence-electron chi connectivity index (χ0n) is 10.8. The van der Waals surface area contributed by atoms with Crippen molar-refractivity contribution in [2.45, 2.75) is 13.3 Å². The number of hydrogen-bond acceptors (Lipinski definition) is 5. The van der Waals surface area contributed by atoms with Crippen LogP contribution in [0.1, 0.15) is 27.9 Å². The van der Waals surface area contributed by atoms with E-state index >= 15 is 0 Å². The molecule has 0 unspecified atom stereocenters. The lowest BCUT2D eigenvalue weighted by Gasteiger charge is -1.98. The van der Waals surface area contributed by atoms with Gasteiger partial charge in [-0.2, -0.15) is 5.10 Å². The number of nitrogens with two attached hydrogens (primary N) is 1. The summed E-state index contributed by atoms with van der Waals surface area (Å²) in [5, 5.41) is 4.89. The first kappa shape index (κ1) is 14.5. The normalized spacial score (nSPS) is 10.9. The lowest BCUT2D eigenvalue weighted by atomic mass is 10.2. The third-order valence-corrected chi connectivity index (χ3v) is 3.64. The maximum absolute atomic E-state index is 12.0. The number of carbonyl (C=O) groups excluding carboxylic acids is 1. The van der Waals surface area contributed by atoms with Gasteiger partial charge in [0, 0.05) is 5.02 Å². The highest BCUT2D eigenvalue weighted by Crippen LogP contribution is 2.20. The van der Waals surface area contributed by atoms with E-state index in [0.29, 0.717) is 27.1 Å². The zero-order valence-corrected chi connectivity index (χ0v) is 12.3. The standard InChI is InChI=1S/C13H13ClN4OS/c1-2-10-11(20-13(15)17-10)12(19)18-16-7-8-4-3-5-9(14)6-8/h3-7H,2H2,1H3,(H2,15,17)(H,18,19). The molecule has 1 aromatic heterocycles. The number of halogens is 1. The fourth-order valence-electron chi connectivity index (χ4n) is 1.59. The molecule has 1 aromatic carbocycles. The molecule has 0 radical (unpaired) electrons. The quantitative estimate of drug-likeness (QED) is 0.673. The van der Waals surface area contributed by atoms with Crippen molar-refractivity contribution >= 4 is 40.2 Å². The number of thiazole rings is 1. The number of aromatic nitrogens is 1. The lowest BCUT2D eigenvalue weighted by Crippen LogP contribution is -2.17. The Morgan fingerprint density at radius 3 is 3.10 bits per heavy atom. The van der Waals surface area contributed by atoms with E-state index in [2.05, 4.69) is 15.5 Å². The topological polar surface area (TPSA) is 80.4 Å². The van der Waals surface area contributed by atoms with Crippen molar-refractivity contribution in [3.63, 3.8) is 0 Å². The summed E-state index contributed by atoms with van der Waals surface area (Å²) in [6.45, 7) is 1.92. The zero-order chi connectivity index (χ0) is 14.5. The number of hydrazone groups is 1. The van der Waals surface area contributed by atoms with Crippen LogP contribution in [0.5, 0.6) is 0 Å². The van der Waals surface area contributed by atoms with Crippen LogP contribution in [0.3, 0.4) is 0 Å². The molecule has 0 atom stereocenters. The Morgan fingerprint density at radius 1 is 1.60 bits per heavy atom. The molecule has 0 spiro atoms.